The summed E-state index contributed by atoms with van der Waals surface area (Å²) >= 11 is 1.53. The minimum Gasteiger partial charge on any atom is -0.265 e. The molecule has 116 valence electrons. The Morgan fingerprint density at radius 2 is 1.91 bits per heavy atom. The molecule has 0 saturated heterocycles. The van der Waals surface area contributed by atoms with E-state index in [0.717, 1.165) is 45.6 Å². The van der Waals surface area contributed by atoms with Crippen LogP contribution in [0.5, 0.6) is 0 Å². The maximum absolute atomic E-state index is 4.70. The summed E-state index contributed by atoms with van der Waals surface area (Å²) in [6, 6.07) is 12.1. The first-order valence-corrected chi connectivity index (χ1v) is 8.39. The Bertz CT molecular complexity index is 950. The van der Waals surface area contributed by atoms with Gasteiger partial charge in [0.05, 0.1) is 11.4 Å². The van der Waals surface area contributed by atoms with Gasteiger partial charge in [0.25, 0.3) is 0 Å². The highest BCUT2D eigenvalue weighted by Crippen LogP contribution is 2.28. The lowest BCUT2D eigenvalue weighted by Gasteiger charge is -1.96. The van der Waals surface area contributed by atoms with Crippen molar-refractivity contribution in [3.63, 3.8) is 0 Å². The first-order chi connectivity index (χ1) is 11.3. The zero-order valence-corrected chi connectivity index (χ0v) is 13.8. The van der Waals surface area contributed by atoms with Gasteiger partial charge in [0, 0.05) is 12.6 Å². The van der Waals surface area contributed by atoms with Gasteiger partial charge in [-0.3, -0.25) is 4.68 Å². The fraction of sp³-hybridized carbons (Fsp3) is 0.250. The lowest BCUT2D eigenvalue weighted by Crippen LogP contribution is -1.96. The van der Waals surface area contributed by atoms with Crippen LogP contribution in [0.25, 0.3) is 27.1 Å². The van der Waals surface area contributed by atoms with E-state index in [4.69, 9.17) is 5.10 Å². The molecule has 23 heavy (non-hydrogen) atoms. The molecule has 0 spiro atoms. The molecule has 4 aromatic rings. The van der Waals surface area contributed by atoms with Gasteiger partial charge < -0.3 is 0 Å². The molecule has 0 aliphatic rings. The first kappa shape index (κ1) is 14.1. The zero-order valence-electron chi connectivity index (χ0n) is 13.0. The summed E-state index contributed by atoms with van der Waals surface area (Å²) in [5, 5.41) is 18.7. The van der Waals surface area contributed by atoms with Crippen molar-refractivity contribution in [1.82, 2.24) is 29.6 Å². The Morgan fingerprint density at radius 3 is 2.70 bits per heavy atom. The monoisotopic (exact) mass is 324 g/mol. The smallest absolute Gasteiger partial charge is 0.235 e. The van der Waals surface area contributed by atoms with Crippen LogP contribution in [-0.4, -0.2) is 29.6 Å². The van der Waals surface area contributed by atoms with E-state index < -0.39 is 0 Å². The van der Waals surface area contributed by atoms with Crippen molar-refractivity contribution in [1.29, 1.82) is 0 Å². The summed E-state index contributed by atoms with van der Waals surface area (Å²) in [6.07, 6.45) is 2.06. The number of fused-ring (bicyclic) bond motifs is 1. The van der Waals surface area contributed by atoms with Gasteiger partial charge in [-0.1, -0.05) is 55.0 Å². The molecule has 6 nitrogen and oxygen atoms in total. The third-order valence-electron chi connectivity index (χ3n) is 3.68. The molecule has 0 atom stereocenters. The molecule has 0 aliphatic heterocycles. The Balaban J connectivity index is 1.80. The first-order valence-electron chi connectivity index (χ1n) is 7.57. The van der Waals surface area contributed by atoms with Gasteiger partial charge in [0.2, 0.25) is 4.96 Å². The average molecular weight is 324 g/mol. The highest BCUT2D eigenvalue weighted by Gasteiger charge is 2.17. The van der Waals surface area contributed by atoms with Crippen molar-refractivity contribution in [2.45, 2.75) is 19.8 Å². The van der Waals surface area contributed by atoms with E-state index in [1.54, 1.807) is 0 Å². The molecule has 0 fully saturated rings. The van der Waals surface area contributed by atoms with Crippen LogP contribution in [0, 0.1) is 0 Å². The average Bonchev–Trinajstić information content (AvgIpc) is 3.22. The molecule has 7 heteroatoms. The van der Waals surface area contributed by atoms with Crippen molar-refractivity contribution in [2.75, 3.05) is 0 Å². The van der Waals surface area contributed by atoms with Crippen LogP contribution < -0.4 is 0 Å². The molecule has 3 aromatic heterocycles. The maximum Gasteiger partial charge on any atom is 0.235 e. The molecule has 4 rings (SSSR count). The number of aromatic nitrogens is 6. The van der Waals surface area contributed by atoms with Gasteiger partial charge in [0.15, 0.2) is 10.8 Å². The van der Waals surface area contributed by atoms with Crippen LogP contribution in [0.4, 0.5) is 0 Å². The number of benzene rings is 1. The minimum absolute atomic E-state index is 0.763. The van der Waals surface area contributed by atoms with Gasteiger partial charge >= 0.3 is 0 Å². The van der Waals surface area contributed by atoms with Crippen LogP contribution in [0.1, 0.15) is 19.0 Å². The van der Waals surface area contributed by atoms with Crippen molar-refractivity contribution < 1.29 is 0 Å². The van der Waals surface area contributed by atoms with Crippen molar-refractivity contribution in [3.8, 4) is 22.1 Å². The van der Waals surface area contributed by atoms with Crippen LogP contribution in [0.3, 0.4) is 0 Å². The fourth-order valence-electron chi connectivity index (χ4n) is 2.59. The molecule has 1 aromatic carbocycles. The highest BCUT2D eigenvalue weighted by atomic mass is 32.1. The second-order valence-electron chi connectivity index (χ2n) is 5.39. The lowest BCUT2D eigenvalue weighted by atomic mass is 10.2. The van der Waals surface area contributed by atoms with Gasteiger partial charge in [-0.05, 0) is 12.5 Å². The number of nitrogens with zero attached hydrogens (tertiary/aromatic N) is 6. The van der Waals surface area contributed by atoms with Crippen LogP contribution in [0.2, 0.25) is 0 Å². The fourth-order valence-corrected chi connectivity index (χ4v) is 3.48. The largest absolute Gasteiger partial charge is 0.265 e. The summed E-state index contributed by atoms with van der Waals surface area (Å²) in [5.74, 6) is 0.763. The quantitative estimate of drug-likeness (QED) is 0.578. The molecule has 3 heterocycles. The summed E-state index contributed by atoms with van der Waals surface area (Å²) in [5.41, 5.74) is 3.12. The second-order valence-corrected chi connectivity index (χ2v) is 6.34. The van der Waals surface area contributed by atoms with Gasteiger partial charge in [-0.15, -0.1) is 10.2 Å². The Kier molecular flexibility index (Phi) is 3.42. The van der Waals surface area contributed by atoms with E-state index in [0.29, 0.717) is 0 Å². The third kappa shape index (κ3) is 2.43. The Hall–Kier alpha value is -2.54. The van der Waals surface area contributed by atoms with E-state index in [1.165, 1.54) is 11.3 Å². The van der Waals surface area contributed by atoms with Crippen molar-refractivity contribution in [2.24, 2.45) is 7.05 Å². The molecule has 0 aliphatic carbocycles. The molecule has 0 N–H and O–H groups in total. The molecule has 0 saturated carbocycles. The van der Waals surface area contributed by atoms with Gasteiger partial charge in [-0.2, -0.15) is 14.7 Å². The topological polar surface area (TPSA) is 60.9 Å². The summed E-state index contributed by atoms with van der Waals surface area (Å²) in [7, 11) is 1.95. The van der Waals surface area contributed by atoms with E-state index in [9.17, 15) is 0 Å². The van der Waals surface area contributed by atoms with Crippen molar-refractivity contribution in [3.05, 3.63) is 42.1 Å². The second kappa shape index (κ2) is 5.58. The summed E-state index contributed by atoms with van der Waals surface area (Å²) < 4.78 is 3.70. The predicted molar refractivity (Wildman–Crippen MR) is 90.3 cm³/mol. The number of aryl methyl sites for hydroxylation is 2. The molecule has 0 amide bonds. The van der Waals surface area contributed by atoms with E-state index in [2.05, 4.69) is 28.3 Å². The predicted octanol–water partition coefficient (Wildman–Crippen LogP) is 3.21. The lowest BCUT2D eigenvalue weighted by molar-refractivity contribution is 0.737. The molecule has 0 bridgehead atoms. The normalized spacial score (nSPS) is 11.4. The zero-order chi connectivity index (χ0) is 15.8. The van der Waals surface area contributed by atoms with E-state index in [-0.39, 0.29) is 0 Å². The van der Waals surface area contributed by atoms with E-state index >= 15 is 0 Å². The summed E-state index contributed by atoms with van der Waals surface area (Å²) in [6.45, 7) is 2.16. The molecule has 0 unspecified atom stereocenters. The highest BCUT2D eigenvalue weighted by molar-refractivity contribution is 7.19. The Labute approximate surface area is 137 Å². The maximum atomic E-state index is 4.70. The molecular weight excluding hydrogens is 308 g/mol. The molecule has 0 radical (unpaired) electrons. The third-order valence-corrected chi connectivity index (χ3v) is 4.60. The van der Waals surface area contributed by atoms with Gasteiger partial charge in [0.1, 0.15) is 0 Å². The van der Waals surface area contributed by atoms with Crippen molar-refractivity contribution >= 4 is 16.3 Å². The Morgan fingerprint density at radius 1 is 1.09 bits per heavy atom. The van der Waals surface area contributed by atoms with Crippen LogP contribution >= 0.6 is 11.3 Å². The number of rotatable bonds is 4. The van der Waals surface area contributed by atoms with Crippen LogP contribution in [0.15, 0.2) is 36.4 Å². The molecular formula is C16H16N6S. The van der Waals surface area contributed by atoms with Crippen LogP contribution in [-0.2, 0) is 13.5 Å². The van der Waals surface area contributed by atoms with Gasteiger partial charge in [-0.25, -0.2) is 0 Å². The van der Waals surface area contributed by atoms with E-state index in [1.807, 2.05) is 46.6 Å². The standard InChI is InChI=1S/C16H16N6S/c1-3-7-12-10-13(21(2)19-12)15-20-22-14(17-18-16(22)23-15)11-8-5-4-6-9-11/h4-6,8-10H,3,7H2,1-2H3. The number of hydrogen-bond donors (Lipinski definition) is 0. The number of hydrogen-bond acceptors (Lipinski definition) is 5. The summed E-state index contributed by atoms with van der Waals surface area (Å²) in [4.78, 5) is 0.789. The minimum atomic E-state index is 0.763. The SMILES string of the molecule is CCCc1cc(-c2nn3c(-c4ccccc4)nnc3s2)n(C)n1.